The Bertz CT molecular complexity index is 1130. The average molecular weight is 483 g/mol. The van der Waals surface area contributed by atoms with E-state index in [0.717, 1.165) is 31.4 Å². The van der Waals surface area contributed by atoms with Crippen LogP contribution in [0.1, 0.15) is 43.7 Å². The molecule has 0 radical (unpaired) electrons. The molecule has 35 heavy (non-hydrogen) atoms. The van der Waals surface area contributed by atoms with Crippen LogP contribution in [0.25, 0.3) is 11.4 Å². The van der Waals surface area contributed by atoms with E-state index in [2.05, 4.69) is 20.4 Å². The topological polar surface area (TPSA) is 89.7 Å². The van der Waals surface area contributed by atoms with E-state index in [1.807, 2.05) is 25.1 Å². The van der Waals surface area contributed by atoms with Crippen LogP contribution in [0.5, 0.6) is 11.5 Å². The number of nitrogens with zero attached hydrogens (tertiary/aromatic N) is 3. The van der Waals surface area contributed by atoms with Gasteiger partial charge in [0.05, 0.1) is 32.7 Å². The van der Waals surface area contributed by atoms with Gasteiger partial charge in [0.1, 0.15) is 5.82 Å². The second kappa shape index (κ2) is 11.3. The van der Waals surface area contributed by atoms with Crippen molar-refractivity contribution in [2.24, 2.45) is 5.92 Å². The summed E-state index contributed by atoms with van der Waals surface area (Å²) in [6.45, 7) is 3.97. The highest BCUT2D eigenvalue weighted by Crippen LogP contribution is 2.31. The smallest absolute Gasteiger partial charge is 0.241 e. The number of aromatic nitrogens is 2. The lowest BCUT2D eigenvalue weighted by Gasteiger charge is -2.32. The summed E-state index contributed by atoms with van der Waals surface area (Å²) in [6, 6.07) is 11.6. The van der Waals surface area contributed by atoms with E-state index in [1.54, 1.807) is 26.4 Å². The molecule has 1 saturated heterocycles. The van der Waals surface area contributed by atoms with E-state index < -0.39 is 0 Å². The predicted molar refractivity (Wildman–Crippen MR) is 128 cm³/mol. The zero-order valence-corrected chi connectivity index (χ0v) is 20.3. The summed E-state index contributed by atoms with van der Waals surface area (Å²) in [4.78, 5) is 19.8. The van der Waals surface area contributed by atoms with Gasteiger partial charge in [0.25, 0.3) is 0 Å². The summed E-state index contributed by atoms with van der Waals surface area (Å²) < 4.78 is 29.3. The average Bonchev–Trinajstić information content (AvgIpc) is 3.35. The number of amides is 1. The molecule has 1 amide bonds. The first-order valence-corrected chi connectivity index (χ1v) is 11.8. The number of benzene rings is 2. The van der Waals surface area contributed by atoms with Crippen LogP contribution < -0.4 is 14.8 Å². The standard InChI is InChI=1S/C26H31FN4O4/c1-4-21(18-9-12-22(33-2)23(14-18)34-3)28-26(32)19-6-5-13-31(15-19)16-24-29-25(30-35-24)17-7-10-20(27)11-8-17/h7-12,14,19,21H,4-6,13,15-16H2,1-3H3,(H,28,32). The van der Waals surface area contributed by atoms with Crippen molar-refractivity contribution in [1.82, 2.24) is 20.4 Å². The van der Waals surface area contributed by atoms with Crippen molar-refractivity contribution in [2.75, 3.05) is 27.3 Å². The van der Waals surface area contributed by atoms with Gasteiger partial charge >= 0.3 is 0 Å². The van der Waals surface area contributed by atoms with Gasteiger partial charge in [-0.1, -0.05) is 18.1 Å². The monoisotopic (exact) mass is 482 g/mol. The number of carbonyl (C=O) groups is 1. The Balaban J connectivity index is 1.37. The normalized spacial score (nSPS) is 17.1. The van der Waals surface area contributed by atoms with Crippen molar-refractivity contribution in [2.45, 2.75) is 38.8 Å². The number of rotatable bonds is 9. The van der Waals surface area contributed by atoms with Crippen LogP contribution in [0.4, 0.5) is 4.39 Å². The number of piperidine rings is 1. The molecule has 2 heterocycles. The molecule has 4 rings (SSSR count). The molecule has 0 spiro atoms. The molecular weight excluding hydrogens is 451 g/mol. The number of methoxy groups -OCH3 is 2. The fourth-order valence-electron chi connectivity index (χ4n) is 4.42. The molecule has 1 aromatic heterocycles. The maximum absolute atomic E-state index is 13.2. The van der Waals surface area contributed by atoms with Gasteiger partial charge in [-0.3, -0.25) is 9.69 Å². The number of hydrogen-bond acceptors (Lipinski definition) is 7. The van der Waals surface area contributed by atoms with Crippen molar-refractivity contribution < 1.29 is 23.2 Å². The zero-order valence-electron chi connectivity index (χ0n) is 20.3. The highest BCUT2D eigenvalue weighted by atomic mass is 19.1. The Hall–Kier alpha value is -3.46. The van der Waals surface area contributed by atoms with Crippen molar-refractivity contribution >= 4 is 5.91 Å². The Kier molecular flexibility index (Phi) is 7.97. The second-order valence-electron chi connectivity index (χ2n) is 8.68. The lowest BCUT2D eigenvalue weighted by molar-refractivity contribution is -0.127. The van der Waals surface area contributed by atoms with E-state index in [4.69, 9.17) is 14.0 Å². The Morgan fingerprint density at radius 3 is 2.69 bits per heavy atom. The van der Waals surface area contributed by atoms with Gasteiger partial charge in [-0.25, -0.2) is 4.39 Å². The number of ether oxygens (including phenoxy) is 2. The van der Waals surface area contributed by atoms with Crippen LogP contribution in [-0.2, 0) is 11.3 Å². The van der Waals surface area contributed by atoms with Crippen LogP contribution in [0.2, 0.25) is 0 Å². The fraction of sp³-hybridized carbons (Fsp3) is 0.423. The summed E-state index contributed by atoms with van der Waals surface area (Å²) >= 11 is 0. The summed E-state index contributed by atoms with van der Waals surface area (Å²) in [5.41, 5.74) is 1.67. The molecule has 1 aliphatic heterocycles. The molecule has 0 aliphatic carbocycles. The van der Waals surface area contributed by atoms with E-state index >= 15 is 0 Å². The number of likely N-dealkylation sites (tertiary alicyclic amines) is 1. The third kappa shape index (κ3) is 5.97. The summed E-state index contributed by atoms with van der Waals surface area (Å²) in [7, 11) is 3.20. The third-order valence-electron chi connectivity index (χ3n) is 6.34. The first-order chi connectivity index (χ1) is 17.0. The summed E-state index contributed by atoms with van der Waals surface area (Å²) in [5, 5.41) is 7.22. The van der Waals surface area contributed by atoms with Gasteiger partial charge in [-0.2, -0.15) is 4.98 Å². The number of nitrogens with one attached hydrogen (secondary N) is 1. The van der Waals surface area contributed by atoms with Crippen molar-refractivity contribution in [3.05, 3.63) is 59.7 Å². The minimum Gasteiger partial charge on any atom is -0.493 e. The van der Waals surface area contributed by atoms with E-state index in [1.165, 1.54) is 12.1 Å². The molecule has 1 aliphatic rings. The highest BCUT2D eigenvalue weighted by molar-refractivity contribution is 5.79. The number of carbonyl (C=O) groups excluding carboxylic acids is 1. The molecule has 9 heteroatoms. The molecule has 8 nitrogen and oxygen atoms in total. The molecule has 3 aromatic rings. The molecule has 2 aromatic carbocycles. The molecule has 0 bridgehead atoms. The summed E-state index contributed by atoms with van der Waals surface area (Å²) in [6.07, 6.45) is 2.49. The van der Waals surface area contributed by atoms with Crippen LogP contribution in [0.3, 0.4) is 0 Å². The molecule has 2 unspecified atom stereocenters. The van der Waals surface area contributed by atoms with Gasteiger partial charge in [-0.05, 0) is 67.8 Å². The van der Waals surface area contributed by atoms with Crippen LogP contribution in [-0.4, -0.2) is 48.3 Å². The quantitative estimate of drug-likeness (QED) is 0.484. The van der Waals surface area contributed by atoms with Crippen molar-refractivity contribution in [1.29, 1.82) is 0 Å². The van der Waals surface area contributed by atoms with E-state index in [-0.39, 0.29) is 23.7 Å². The highest BCUT2D eigenvalue weighted by Gasteiger charge is 2.28. The zero-order chi connectivity index (χ0) is 24.8. The summed E-state index contributed by atoms with van der Waals surface area (Å²) in [5.74, 6) is 1.79. The minimum atomic E-state index is -0.313. The van der Waals surface area contributed by atoms with E-state index in [0.29, 0.717) is 41.9 Å². The van der Waals surface area contributed by atoms with Crippen LogP contribution in [0, 0.1) is 11.7 Å². The van der Waals surface area contributed by atoms with Crippen molar-refractivity contribution in [3.8, 4) is 22.9 Å². The largest absolute Gasteiger partial charge is 0.493 e. The van der Waals surface area contributed by atoms with Gasteiger partial charge in [0.15, 0.2) is 11.5 Å². The maximum atomic E-state index is 13.2. The SMILES string of the molecule is CCC(NC(=O)C1CCCN(Cc2nc(-c3ccc(F)cc3)no2)C1)c1ccc(OC)c(OC)c1. The van der Waals surface area contributed by atoms with Gasteiger partial charge in [-0.15, -0.1) is 0 Å². The van der Waals surface area contributed by atoms with Gasteiger partial charge in [0.2, 0.25) is 17.6 Å². The Morgan fingerprint density at radius 2 is 1.97 bits per heavy atom. The predicted octanol–water partition coefficient (Wildman–Crippen LogP) is 4.37. The maximum Gasteiger partial charge on any atom is 0.241 e. The van der Waals surface area contributed by atoms with Crippen molar-refractivity contribution in [3.63, 3.8) is 0 Å². The first kappa shape index (κ1) is 24.7. The second-order valence-corrected chi connectivity index (χ2v) is 8.68. The Labute approximate surface area is 204 Å². The molecule has 0 saturated carbocycles. The minimum absolute atomic E-state index is 0.0360. The molecule has 1 fully saturated rings. The Morgan fingerprint density at radius 1 is 1.20 bits per heavy atom. The molecule has 1 N–H and O–H groups in total. The third-order valence-corrected chi connectivity index (χ3v) is 6.34. The molecule has 2 atom stereocenters. The van der Waals surface area contributed by atoms with E-state index in [9.17, 15) is 9.18 Å². The van der Waals surface area contributed by atoms with Gasteiger partial charge < -0.3 is 19.3 Å². The number of hydrogen-bond donors (Lipinski definition) is 1. The lowest BCUT2D eigenvalue weighted by atomic mass is 9.95. The van der Waals surface area contributed by atoms with Gasteiger partial charge in [0, 0.05) is 12.1 Å². The lowest BCUT2D eigenvalue weighted by Crippen LogP contribution is -2.43. The van der Waals surface area contributed by atoms with Crippen LogP contribution >= 0.6 is 0 Å². The fourth-order valence-corrected chi connectivity index (χ4v) is 4.42. The molecular formula is C26H31FN4O4. The van der Waals surface area contributed by atoms with Crippen LogP contribution in [0.15, 0.2) is 47.0 Å². The first-order valence-electron chi connectivity index (χ1n) is 11.8. The number of halogens is 1. The molecule has 186 valence electrons.